The van der Waals surface area contributed by atoms with Gasteiger partial charge in [0, 0.05) is 20.1 Å². The van der Waals surface area contributed by atoms with Crippen molar-refractivity contribution in [3.05, 3.63) is 29.3 Å². The summed E-state index contributed by atoms with van der Waals surface area (Å²) in [6, 6.07) is 5.78. The third-order valence-electron chi connectivity index (χ3n) is 3.60. The van der Waals surface area contributed by atoms with Crippen molar-refractivity contribution in [2.45, 2.75) is 32.7 Å². The molecule has 7 heteroatoms. The Kier molecular flexibility index (Phi) is 4.77. The molecule has 1 N–H and O–H groups in total. The Bertz CT molecular complexity index is 667. The molecule has 122 valence electrons. The minimum Gasteiger partial charge on any atom is -0.352 e. The van der Waals surface area contributed by atoms with E-state index in [1.165, 1.54) is 18.4 Å². The number of amides is 1. The monoisotopic (exact) mass is 325 g/mol. The lowest BCUT2D eigenvalue weighted by Gasteiger charge is -2.28. The number of carbonyl (C=O) groups excluding carboxylic acids is 1. The van der Waals surface area contributed by atoms with E-state index in [4.69, 9.17) is 0 Å². The second-order valence-electron chi connectivity index (χ2n) is 5.93. The molecule has 0 atom stereocenters. The van der Waals surface area contributed by atoms with Crippen molar-refractivity contribution in [3.63, 3.8) is 0 Å². The number of anilines is 1. The fourth-order valence-corrected chi connectivity index (χ4v) is 3.23. The summed E-state index contributed by atoms with van der Waals surface area (Å²) in [4.78, 5) is 12.1. The van der Waals surface area contributed by atoms with Gasteiger partial charge in [-0.15, -0.1) is 0 Å². The van der Waals surface area contributed by atoms with Gasteiger partial charge in [-0.25, -0.2) is 4.31 Å². The van der Waals surface area contributed by atoms with Gasteiger partial charge >= 0.3 is 10.2 Å². The minimum absolute atomic E-state index is 0.204. The van der Waals surface area contributed by atoms with E-state index in [0.717, 1.165) is 28.3 Å². The molecule has 0 aromatic heterocycles. The van der Waals surface area contributed by atoms with Gasteiger partial charge in [0.15, 0.2) is 0 Å². The van der Waals surface area contributed by atoms with Gasteiger partial charge < -0.3 is 5.32 Å². The Hall–Kier alpha value is -1.60. The maximum atomic E-state index is 12.6. The van der Waals surface area contributed by atoms with E-state index in [0.29, 0.717) is 5.69 Å². The molecule has 6 nitrogen and oxygen atoms in total. The van der Waals surface area contributed by atoms with Crippen molar-refractivity contribution in [2.75, 3.05) is 24.9 Å². The molecule has 0 spiro atoms. The molecule has 0 aliphatic heterocycles. The Morgan fingerprint density at radius 2 is 1.91 bits per heavy atom. The normalized spacial score (nSPS) is 15.0. The third-order valence-corrected chi connectivity index (χ3v) is 5.41. The van der Waals surface area contributed by atoms with E-state index in [1.807, 2.05) is 26.0 Å². The molecule has 1 aliphatic rings. The first-order valence-corrected chi connectivity index (χ1v) is 8.68. The predicted octanol–water partition coefficient (Wildman–Crippen LogP) is 1.19. The summed E-state index contributed by atoms with van der Waals surface area (Å²) in [5, 5.41) is 2.84. The van der Waals surface area contributed by atoms with Gasteiger partial charge in [0.05, 0.1) is 5.69 Å². The minimum atomic E-state index is -3.74. The summed E-state index contributed by atoms with van der Waals surface area (Å²) in [5.74, 6) is -0.270. The molecule has 2 rings (SSSR count). The molecule has 1 amide bonds. The highest BCUT2D eigenvalue weighted by Crippen LogP contribution is 2.25. The molecule has 1 aromatic rings. The molecule has 22 heavy (non-hydrogen) atoms. The number of benzene rings is 1. The van der Waals surface area contributed by atoms with Gasteiger partial charge in [-0.1, -0.05) is 12.1 Å². The molecule has 1 aromatic carbocycles. The number of nitrogens with one attached hydrogen (secondary N) is 1. The molecule has 1 saturated carbocycles. The van der Waals surface area contributed by atoms with Crippen LogP contribution in [0.15, 0.2) is 18.2 Å². The van der Waals surface area contributed by atoms with Crippen LogP contribution in [0.25, 0.3) is 0 Å². The maximum Gasteiger partial charge on any atom is 0.304 e. The third kappa shape index (κ3) is 3.78. The molecular weight excluding hydrogens is 302 g/mol. The van der Waals surface area contributed by atoms with E-state index in [2.05, 4.69) is 5.32 Å². The molecule has 1 aliphatic carbocycles. The zero-order valence-corrected chi connectivity index (χ0v) is 14.3. The van der Waals surface area contributed by atoms with Gasteiger partial charge in [0.1, 0.15) is 6.54 Å². The lowest BCUT2D eigenvalue weighted by Crippen LogP contribution is -2.46. The van der Waals surface area contributed by atoms with Gasteiger partial charge in [-0.3, -0.25) is 4.79 Å². The first-order chi connectivity index (χ1) is 10.2. The van der Waals surface area contributed by atoms with Gasteiger partial charge in [-0.2, -0.15) is 12.7 Å². The first kappa shape index (κ1) is 16.8. The van der Waals surface area contributed by atoms with Crippen molar-refractivity contribution < 1.29 is 13.2 Å². The highest BCUT2D eigenvalue weighted by Gasteiger charge is 2.30. The van der Waals surface area contributed by atoms with Crippen LogP contribution >= 0.6 is 0 Å². The van der Waals surface area contributed by atoms with Crippen molar-refractivity contribution in [1.82, 2.24) is 9.62 Å². The average molecular weight is 325 g/mol. The van der Waals surface area contributed by atoms with Crippen LogP contribution in [0.1, 0.15) is 24.0 Å². The number of carbonyl (C=O) groups is 1. The van der Waals surface area contributed by atoms with Crippen molar-refractivity contribution in [2.24, 2.45) is 0 Å². The second-order valence-corrected chi connectivity index (χ2v) is 8.00. The molecular formula is C15H23N3O3S. The SMILES string of the molecule is Cc1ccc(C)c(N(CC(=O)NC2CC2)S(=O)(=O)N(C)C)c1. The molecule has 1 fully saturated rings. The summed E-state index contributed by atoms with van der Waals surface area (Å²) in [6.45, 7) is 3.53. The molecule has 0 saturated heterocycles. The van der Waals surface area contributed by atoms with Crippen LogP contribution < -0.4 is 9.62 Å². The van der Waals surface area contributed by atoms with Crippen LogP contribution in [-0.2, 0) is 15.0 Å². The predicted molar refractivity (Wildman–Crippen MR) is 87.0 cm³/mol. The lowest BCUT2D eigenvalue weighted by molar-refractivity contribution is -0.119. The quantitative estimate of drug-likeness (QED) is 0.854. The standard InChI is InChI=1S/C15H23N3O3S/c1-11-5-6-12(2)14(9-11)18(22(20,21)17(3)4)10-15(19)16-13-7-8-13/h5-6,9,13H,7-8,10H2,1-4H3,(H,16,19). The Morgan fingerprint density at radius 1 is 1.27 bits per heavy atom. The number of aryl methyl sites for hydroxylation is 2. The van der Waals surface area contributed by atoms with Crippen molar-refractivity contribution in [3.8, 4) is 0 Å². The van der Waals surface area contributed by atoms with E-state index >= 15 is 0 Å². The molecule has 0 bridgehead atoms. The van der Waals surface area contributed by atoms with Crippen molar-refractivity contribution in [1.29, 1.82) is 0 Å². The van der Waals surface area contributed by atoms with Crippen LogP contribution in [-0.4, -0.2) is 45.3 Å². The zero-order valence-electron chi connectivity index (χ0n) is 13.5. The van der Waals surface area contributed by atoms with Crippen LogP contribution in [0, 0.1) is 13.8 Å². The maximum absolute atomic E-state index is 12.6. The van der Waals surface area contributed by atoms with E-state index in [1.54, 1.807) is 6.07 Å². The lowest BCUT2D eigenvalue weighted by atomic mass is 10.1. The zero-order chi connectivity index (χ0) is 16.5. The van der Waals surface area contributed by atoms with Gasteiger partial charge in [-0.05, 0) is 43.9 Å². The fraction of sp³-hybridized carbons (Fsp3) is 0.533. The van der Waals surface area contributed by atoms with E-state index in [9.17, 15) is 13.2 Å². The molecule has 0 radical (unpaired) electrons. The summed E-state index contributed by atoms with van der Waals surface area (Å²) >= 11 is 0. The second kappa shape index (κ2) is 6.26. The number of hydrogen-bond acceptors (Lipinski definition) is 3. The summed E-state index contributed by atoms with van der Waals surface area (Å²) in [5.41, 5.74) is 2.30. The summed E-state index contributed by atoms with van der Waals surface area (Å²) in [7, 11) is -0.807. The van der Waals surface area contributed by atoms with Crippen molar-refractivity contribution >= 4 is 21.8 Å². The molecule has 0 heterocycles. The van der Waals surface area contributed by atoms with Gasteiger partial charge in [0.2, 0.25) is 5.91 Å². The summed E-state index contributed by atoms with van der Waals surface area (Å²) in [6.07, 6.45) is 1.94. The topological polar surface area (TPSA) is 69.7 Å². The highest BCUT2D eigenvalue weighted by atomic mass is 32.2. The van der Waals surface area contributed by atoms with Crippen LogP contribution in [0.3, 0.4) is 0 Å². The fourth-order valence-electron chi connectivity index (χ4n) is 2.11. The van der Waals surface area contributed by atoms with Gasteiger partial charge in [0.25, 0.3) is 0 Å². The van der Waals surface area contributed by atoms with Crippen LogP contribution in [0.2, 0.25) is 0 Å². The Labute approximate surface area is 132 Å². The Balaban J connectivity index is 2.36. The summed E-state index contributed by atoms with van der Waals surface area (Å²) < 4.78 is 27.5. The number of hydrogen-bond donors (Lipinski definition) is 1. The molecule has 0 unspecified atom stereocenters. The Morgan fingerprint density at radius 3 is 2.45 bits per heavy atom. The van der Waals surface area contributed by atoms with Crippen LogP contribution in [0.5, 0.6) is 0 Å². The first-order valence-electron chi connectivity index (χ1n) is 7.28. The van der Waals surface area contributed by atoms with E-state index in [-0.39, 0.29) is 18.5 Å². The number of nitrogens with zero attached hydrogens (tertiary/aromatic N) is 2. The number of rotatable bonds is 6. The average Bonchev–Trinajstić information content (AvgIpc) is 3.22. The van der Waals surface area contributed by atoms with E-state index < -0.39 is 10.2 Å². The highest BCUT2D eigenvalue weighted by molar-refractivity contribution is 7.90. The largest absolute Gasteiger partial charge is 0.352 e. The van der Waals surface area contributed by atoms with Crippen LogP contribution in [0.4, 0.5) is 5.69 Å². The smallest absolute Gasteiger partial charge is 0.304 e.